The summed E-state index contributed by atoms with van der Waals surface area (Å²) in [6.45, 7) is 4.08. The molecule has 1 aromatic carbocycles. The summed E-state index contributed by atoms with van der Waals surface area (Å²) in [7, 11) is 1.62. The van der Waals surface area contributed by atoms with Crippen molar-refractivity contribution >= 4 is 11.7 Å². The minimum absolute atomic E-state index is 0.281. The summed E-state index contributed by atoms with van der Waals surface area (Å²) < 4.78 is 5.13. The fourth-order valence-corrected chi connectivity index (χ4v) is 3.11. The zero-order chi connectivity index (χ0) is 14.8. The van der Waals surface area contributed by atoms with Crippen molar-refractivity contribution in [1.82, 2.24) is 0 Å². The first-order chi connectivity index (χ1) is 9.41. The molecule has 0 spiro atoms. The fourth-order valence-electron chi connectivity index (χ4n) is 3.11. The highest BCUT2D eigenvalue weighted by molar-refractivity contribution is 5.84. The Balaban J connectivity index is 2.31. The topological polar surface area (TPSA) is 58.6 Å². The summed E-state index contributed by atoms with van der Waals surface area (Å²) in [5.41, 5.74) is -0.361. The third-order valence-electron chi connectivity index (χ3n) is 4.57. The number of methoxy groups -OCH3 is 1. The molecule has 0 saturated heterocycles. The number of carboxylic acid groups (broad SMARTS) is 1. The lowest BCUT2D eigenvalue weighted by Crippen LogP contribution is -2.58. The largest absolute Gasteiger partial charge is 0.497 e. The van der Waals surface area contributed by atoms with Gasteiger partial charge < -0.3 is 15.2 Å². The van der Waals surface area contributed by atoms with Crippen molar-refractivity contribution in [3.05, 3.63) is 24.3 Å². The molecule has 1 fully saturated rings. The van der Waals surface area contributed by atoms with Crippen LogP contribution in [-0.4, -0.2) is 23.7 Å². The van der Waals surface area contributed by atoms with E-state index in [1.54, 1.807) is 7.11 Å². The Kier molecular flexibility index (Phi) is 3.93. The van der Waals surface area contributed by atoms with Crippen LogP contribution in [0.4, 0.5) is 5.69 Å². The van der Waals surface area contributed by atoms with Gasteiger partial charge in [0.15, 0.2) is 0 Å². The van der Waals surface area contributed by atoms with E-state index < -0.39 is 11.5 Å². The quantitative estimate of drug-likeness (QED) is 0.884. The second kappa shape index (κ2) is 5.35. The highest BCUT2D eigenvalue weighted by atomic mass is 16.5. The van der Waals surface area contributed by atoms with Crippen LogP contribution in [0.1, 0.15) is 39.5 Å². The molecular weight excluding hydrogens is 254 g/mol. The van der Waals surface area contributed by atoms with Gasteiger partial charge in [0.2, 0.25) is 0 Å². The van der Waals surface area contributed by atoms with E-state index in [0.717, 1.165) is 30.7 Å². The van der Waals surface area contributed by atoms with Gasteiger partial charge >= 0.3 is 5.97 Å². The Hall–Kier alpha value is -1.71. The monoisotopic (exact) mass is 277 g/mol. The second-order valence-electron chi connectivity index (χ2n) is 6.15. The van der Waals surface area contributed by atoms with E-state index in [9.17, 15) is 9.90 Å². The Morgan fingerprint density at radius 3 is 2.30 bits per heavy atom. The normalized spacial score (nSPS) is 24.9. The van der Waals surface area contributed by atoms with Gasteiger partial charge in [-0.25, -0.2) is 4.79 Å². The Morgan fingerprint density at radius 2 is 1.80 bits per heavy atom. The molecule has 0 radical (unpaired) electrons. The molecule has 1 saturated carbocycles. The molecule has 1 aromatic rings. The summed E-state index contributed by atoms with van der Waals surface area (Å²) in [5.74, 6) is 0.000785. The molecule has 20 heavy (non-hydrogen) atoms. The summed E-state index contributed by atoms with van der Waals surface area (Å²) in [5, 5.41) is 13.1. The van der Waals surface area contributed by atoms with Crippen LogP contribution in [0.3, 0.4) is 0 Å². The summed E-state index contributed by atoms with van der Waals surface area (Å²) in [6.07, 6.45) is 3.61. The van der Waals surface area contributed by atoms with E-state index in [2.05, 4.69) is 5.32 Å². The molecule has 0 heterocycles. The van der Waals surface area contributed by atoms with Crippen LogP contribution in [-0.2, 0) is 4.79 Å². The van der Waals surface area contributed by atoms with Crippen molar-refractivity contribution < 1.29 is 14.6 Å². The molecule has 0 amide bonds. The Labute approximate surface area is 120 Å². The molecule has 0 aliphatic heterocycles. The van der Waals surface area contributed by atoms with Crippen molar-refractivity contribution in [2.45, 2.75) is 45.1 Å². The van der Waals surface area contributed by atoms with Gasteiger partial charge in [0.1, 0.15) is 11.3 Å². The molecule has 4 heteroatoms. The lowest BCUT2D eigenvalue weighted by atomic mass is 9.63. The van der Waals surface area contributed by atoms with Crippen LogP contribution in [0, 0.1) is 5.41 Å². The molecule has 1 aliphatic carbocycles. The molecule has 2 N–H and O–H groups in total. The highest BCUT2D eigenvalue weighted by Crippen LogP contribution is 2.46. The first kappa shape index (κ1) is 14.7. The van der Waals surface area contributed by atoms with Crippen LogP contribution in [0.15, 0.2) is 24.3 Å². The maximum atomic E-state index is 11.9. The maximum Gasteiger partial charge on any atom is 0.329 e. The fraction of sp³-hybridized carbons (Fsp3) is 0.562. The molecule has 0 aromatic heterocycles. The predicted octanol–water partition coefficient (Wildman–Crippen LogP) is 3.53. The van der Waals surface area contributed by atoms with Crippen molar-refractivity contribution in [3.8, 4) is 5.75 Å². The zero-order valence-electron chi connectivity index (χ0n) is 12.4. The van der Waals surface area contributed by atoms with E-state index in [0.29, 0.717) is 6.42 Å². The molecule has 0 bridgehead atoms. The van der Waals surface area contributed by atoms with Gasteiger partial charge in [-0.2, -0.15) is 0 Å². The number of hydrogen-bond donors (Lipinski definition) is 2. The lowest BCUT2D eigenvalue weighted by Gasteiger charge is -2.48. The van der Waals surface area contributed by atoms with Gasteiger partial charge in [0.25, 0.3) is 0 Å². The molecule has 1 unspecified atom stereocenters. The van der Waals surface area contributed by atoms with Crippen LogP contribution in [0.25, 0.3) is 0 Å². The average Bonchev–Trinajstić information content (AvgIpc) is 2.41. The summed E-state index contributed by atoms with van der Waals surface area (Å²) in [6, 6.07) is 7.42. The Bertz CT molecular complexity index is 481. The molecule has 4 nitrogen and oxygen atoms in total. The minimum Gasteiger partial charge on any atom is -0.497 e. The van der Waals surface area contributed by atoms with Crippen molar-refractivity contribution in [2.24, 2.45) is 5.41 Å². The summed E-state index contributed by atoms with van der Waals surface area (Å²) in [4.78, 5) is 11.9. The van der Waals surface area contributed by atoms with Crippen molar-refractivity contribution in [2.75, 3.05) is 12.4 Å². The van der Waals surface area contributed by atoms with E-state index in [1.165, 1.54) is 0 Å². The van der Waals surface area contributed by atoms with Crippen LogP contribution >= 0.6 is 0 Å². The SMILES string of the molecule is COc1ccc(NC2(C(=O)O)CCCCC2(C)C)cc1. The van der Waals surface area contributed by atoms with Gasteiger partial charge in [-0.3, -0.25) is 0 Å². The first-order valence-electron chi connectivity index (χ1n) is 7.07. The summed E-state index contributed by atoms with van der Waals surface area (Å²) >= 11 is 0. The number of nitrogens with one attached hydrogen (secondary N) is 1. The molecule has 1 atom stereocenters. The smallest absolute Gasteiger partial charge is 0.329 e. The molecule has 110 valence electrons. The number of anilines is 1. The maximum absolute atomic E-state index is 11.9. The number of hydrogen-bond acceptors (Lipinski definition) is 3. The highest BCUT2D eigenvalue weighted by Gasteiger charge is 2.52. The van der Waals surface area contributed by atoms with Crippen LogP contribution in [0.5, 0.6) is 5.75 Å². The molecule has 2 rings (SSSR count). The van der Waals surface area contributed by atoms with Gasteiger partial charge in [-0.1, -0.05) is 26.7 Å². The third kappa shape index (κ3) is 2.47. The minimum atomic E-state index is -0.903. The van der Waals surface area contributed by atoms with Gasteiger partial charge in [-0.05, 0) is 42.5 Å². The molecular formula is C16H23NO3. The van der Waals surface area contributed by atoms with E-state index >= 15 is 0 Å². The zero-order valence-corrected chi connectivity index (χ0v) is 12.4. The van der Waals surface area contributed by atoms with E-state index in [4.69, 9.17) is 4.74 Å². The number of aliphatic carboxylic acids is 1. The number of carbonyl (C=O) groups is 1. The van der Waals surface area contributed by atoms with Crippen LogP contribution in [0.2, 0.25) is 0 Å². The van der Waals surface area contributed by atoms with Gasteiger partial charge in [0, 0.05) is 5.69 Å². The second-order valence-corrected chi connectivity index (χ2v) is 6.15. The van der Waals surface area contributed by atoms with Crippen molar-refractivity contribution in [3.63, 3.8) is 0 Å². The third-order valence-corrected chi connectivity index (χ3v) is 4.57. The Morgan fingerprint density at radius 1 is 1.20 bits per heavy atom. The number of benzene rings is 1. The van der Waals surface area contributed by atoms with Gasteiger partial charge in [0.05, 0.1) is 7.11 Å². The average molecular weight is 277 g/mol. The van der Waals surface area contributed by atoms with E-state index in [-0.39, 0.29) is 5.41 Å². The lowest BCUT2D eigenvalue weighted by molar-refractivity contribution is -0.148. The standard InChI is InChI=1S/C16H23NO3/c1-15(2)10-4-5-11-16(15,14(18)19)17-12-6-8-13(20-3)9-7-12/h6-9,17H,4-5,10-11H2,1-3H3,(H,18,19). The van der Waals surface area contributed by atoms with Gasteiger partial charge in [-0.15, -0.1) is 0 Å². The number of rotatable bonds is 4. The predicted molar refractivity (Wildman–Crippen MR) is 79.2 cm³/mol. The number of ether oxygens (including phenoxy) is 1. The van der Waals surface area contributed by atoms with E-state index in [1.807, 2.05) is 38.1 Å². The van der Waals surface area contributed by atoms with Crippen molar-refractivity contribution in [1.29, 1.82) is 0 Å². The first-order valence-corrected chi connectivity index (χ1v) is 7.07. The van der Waals surface area contributed by atoms with Crippen LogP contribution < -0.4 is 10.1 Å². The number of carboxylic acids is 1. The molecule has 1 aliphatic rings.